The van der Waals surface area contributed by atoms with E-state index in [1.54, 1.807) is 57.9 Å². The fourth-order valence-electron chi connectivity index (χ4n) is 2.72. The first-order valence-corrected chi connectivity index (χ1v) is 7.75. The van der Waals surface area contributed by atoms with Crippen LogP contribution in [-0.4, -0.2) is 38.7 Å². The zero-order chi connectivity index (χ0) is 18.7. The van der Waals surface area contributed by atoms with Crippen molar-refractivity contribution in [1.29, 1.82) is 0 Å². The third-order valence-electron chi connectivity index (χ3n) is 3.99. The molecule has 26 heavy (non-hydrogen) atoms. The first-order chi connectivity index (χ1) is 12.6. The van der Waals surface area contributed by atoms with Crippen LogP contribution in [0.25, 0.3) is 22.5 Å². The zero-order valence-electron chi connectivity index (χ0n) is 14.9. The number of nitrogens with zero attached hydrogens (tertiary/aromatic N) is 1. The van der Waals surface area contributed by atoms with E-state index in [1.165, 1.54) is 7.11 Å². The Balaban J connectivity index is 2.19. The maximum absolute atomic E-state index is 10.1. The van der Waals surface area contributed by atoms with Crippen LogP contribution in [0.2, 0.25) is 0 Å². The van der Waals surface area contributed by atoms with E-state index in [-0.39, 0.29) is 5.75 Å². The molecule has 0 aliphatic heterocycles. The lowest BCUT2D eigenvalue weighted by Gasteiger charge is -2.14. The highest BCUT2D eigenvalue weighted by Gasteiger charge is 2.22. The molecule has 0 unspecified atom stereocenters. The Morgan fingerprint density at radius 3 is 2.23 bits per heavy atom. The molecule has 0 aliphatic rings. The van der Waals surface area contributed by atoms with Crippen molar-refractivity contribution in [2.75, 3.05) is 28.4 Å². The number of methoxy groups -OCH3 is 4. The molecule has 0 fully saturated rings. The standard InChI is InChI=1S/C19H19NO6/c1-22-12-8-13(19(25-4)17(9-12)24-3)18-14(10-20-26-18)11-5-6-16(23-2)15(21)7-11/h5-10,21H,1-4H3. The van der Waals surface area contributed by atoms with E-state index < -0.39 is 0 Å². The SMILES string of the molecule is COc1cc(OC)c(OC)c(-c2oncc2-c2ccc(OC)c(O)c2)c1. The van der Waals surface area contributed by atoms with Gasteiger partial charge in [0.05, 0.1) is 40.2 Å². The van der Waals surface area contributed by atoms with E-state index >= 15 is 0 Å². The second-order valence-corrected chi connectivity index (χ2v) is 5.37. The van der Waals surface area contributed by atoms with E-state index in [0.717, 1.165) is 0 Å². The van der Waals surface area contributed by atoms with Crippen LogP contribution in [-0.2, 0) is 0 Å². The van der Waals surface area contributed by atoms with E-state index in [9.17, 15) is 5.11 Å². The van der Waals surface area contributed by atoms with Crippen LogP contribution in [0.15, 0.2) is 41.1 Å². The molecule has 0 saturated carbocycles. The van der Waals surface area contributed by atoms with Gasteiger partial charge >= 0.3 is 0 Å². The van der Waals surface area contributed by atoms with Gasteiger partial charge in [-0.15, -0.1) is 0 Å². The van der Waals surface area contributed by atoms with Crippen molar-refractivity contribution in [2.45, 2.75) is 0 Å². The molecule has 0 bridgehead atoms. The molecule has 3 aromatic rings. The van der Waals surface area contributed by atoms with Gasteiger partial charge in [0.15, 0.2) is 28.8 Å². The van der Waals surface area contributed by atoms with Crippen LogP contribution in [0.5, 0.6) is 28.7 Å². The Morgan fingerprint density at radius 2 is 1.62 bits per heavy atom. The van der Waals surface area contributed by atoms with E-state index in [2.05, 4.69) is 5.16 Å². The lowest BCUT2D eigenvalue weighted by molar-refractivity contribution is 0.348. The number of hydrogen-bond donors (Lipinski definition) is 1. The molecule has 0 saturated heterocycles. The van der Waals surface area contributed by atoms with Crippen molar-refractivity contribution >= 4 is 0 Å². The number of benzene rings is 2. The summed E-state index contributed by atoms with van der Waals surface area (Å²) < 4.78 is 26.8. The van der Waals surface area contributed by atoms with Crippen molar-refractivity contribution in [1.82, 2.24) is 5.16 Å². The smallest absolute Gasteiger partial charge is 0.178 e. The third-order valence-corrected chi connectivity index (χ3v) is 3.99. The number of aromatic nitrogens is 1. The quantitative estimate of drug-likeness (QED) is 0.719. The molecule has 0 spiro atoms. The second kappa shape index (κ2) is 7.26. The van der Waals surface area contributed by atoms with Crippen LogP contribution in [0.4, 0.5) is 0 Å². The average Bonchev–Trinajstić information content (AvgIpc) is 3.16. The number of phenolic OH excluding ortho intramolecular Hbond substituents is 1. The highest BCUT2D eigenvalue weighted by molar-refractivity contribution is 5.84. The average molecular weight is 357 g/mol. The van der Waals surface area contributed by atoms with Gasteiger partial charge in [0, 0.05) is 11.6 Å². The molecule has 7 heteroatoms. The summed E-state index contributed by atoms with van der Waals surface area (Å²) in [6.07, 6.45) is 1.57. The molecular weight excluding hydrogens is 338 g/mol. The van der Waals surface area contributed by atoms with Crippen LogP contribution in [0.3, 0.4) is 0 Å². The lowest BCUT2D eigenvalue weighted by Crippen LogP contribution is -1.95. The molecule has 1 N–H and O–H groups in total. The molecule has 3 rings (SSSR count). The molecule has 1 aromatic heterocycles. The molecule has 0 radical (unpaired) electrons. The maximum Gasteiger partial charge on any atom is 0.178 e. The predicted molar refractivity (Wildman–Crippen MR) is 95.2 cm³/mol. The summed E-state index contributed by atoms with van der Waals surface area (Å²) in [5, 5.41) is 14.0. The Hall–Kier alpha value is -3.35. The number of phenols is 1. The van der Waals surface area contributed by atoms with Crippen LogP contribution in [0, 0.1) is 0 Å². The summed E-state index contributed by atoms with van der Waals surface area (Å²) in [7, 11) is 6.15. The van der Waals surface area contributed by atoms with Crippen molar-refractivity contribution in [3.63, 3.8) is 0 Å². The van der Waals surface area contributed by atoms with Gasteiger partial charge in [0.25, 0.3) is 0 Å². The van der Waals surface area contributed by atoms with Gasteiger partial charge in [-0.3, -0.25) is 0 Å². The maximum atomic E-state index is 10.1. The highest BCUT2D eigenvalue weighted by Crippen LogP contribution is 2.45. The minimum absolute atomic E-state index is 0.0207. The molecule has 0 amide bonds. The van der Waals surface area contributed by atoms with Gasteiger partial charge in [0.2, 0.25) is 0 Å². The summed E-state index contributed by atoms with van der Waals surface area (Å²) in [6, 6.07) is 8.55. The van der Waals surface area contributed by atoms with Crippen molar-refractivity contribution < 1.29 is 28.6 Å². The first-order valence-electron chi connectivity index (χ1n) is 7.75. The predicted octanol–water partition coefficient (Wildman–Crippen LogP) is 3.75. The number of ether oxygens (including phenoxy) is 4. The largest absolute Gasteiger partial charge is 0.504 e. The highest BCUT2D eigenvalue weighted by atomic mass is 16.5. The van der Waals surface area contributed by atoms with Gasteiger partial charge in [-0.2, -0.15) is 0 Å². The van der Waals surface area contributed by atoms with Crippen molar-refractivity contribution in [2.24, 2.45) is 0 Å². The second-order valence-electron chi connectivity index (χ2n) is 5.37. The Morgan fingerprint density at radius 1 is 0.846 bits per heavy atom. The third kappa shape index (κ3) is 2.99. The summed E-state index contributed by atoms with van der Waals surface area (Å²) in [6.45, 7) is 0. The first kappa shape index (κ1) is 17.5. The van der Waals surface area contributed by atoms with Crippen LogP contribution < -0.4 is 18.9 Å². The number of hydrogen-bond acceptors (Lipinski definition) is 7. The van der Waals surface area contributed by atoms with E-state index in [0.29, 0.717) is 45.4 Å². The van der Waals surface area contributed by atoms with Crippen LogP contribution in [0.1, 0.15) is 0 Å². The van der Waals surface area contributed by atoms with Crippen LogP contribution >= 0.6 is 0 Å². The van der Waals surface area contributed by atoms with E-state index in [4.69, 9.17) is 23.5 Å². The summed E-state index contributed by atoms with van der Waals surface area (Å²) in [5.41, 5.74) is 2.01. The van der Waals surface area contributed by atoms with Gasteiger partial charge in [0.1, 0.15) is 5.75 Å². The fraction of sp³-hybridized carbons (Fsp3) is 0.211. The summed E-state index contributed by atoms with van der Waals surface area (Å²) >= 11 is 0. The minimum Gasteiger partial charge on any atom is -0.504 e. The molecule has 7 nitrogen and oxygen atoms in total. The normalized spacial score (nSPS) is 10.5. The topological polar surface area (TPSA) is 83.2 Å². The monoisotopic (exact) mass is 357 g/mol. The fourth-order valence-corrected chi connectivity index (χ4v) is 2.72. The van der Waals surface area contributed by atoms with Gasteiger partial charge in [-0.25, -0.2) is 0 Å². The molecule has 0 atom stereocenters. The van der Waals surface area contributed by atoms with E-state index in [1.807, 2.05) is 0 Å². The Bertz CT molecular complexity index is 918. The van der Waals surface area contributed by atoms with Gasteiger partial charge in [-0.05, 0) is 23.8 Å². The molecule has 2 aromatic carbocycles. The molecule has 1 heterocycles. The molecular formula is C19H19NO6. The van der Waals surface area contributed by atoms with Crippen molar-refractivity contribution in [3.8, 4) is 51.2 Å². The minimum atomic E-state index is 0.0207. The molecule has 0 aliphatic carbocycles. The van der Waals surface area contributed by atoms with Gasteiger partial charge in [-0.1, -0.05) is 11.2 Å². The summed E-state index contributed by atoms with van der Waals surface area (Å²) in [5.74, 6) is 2.44. The Kier molecular flexibility index (Phi) is 4.88. The molecule has 136 valence electrons. The zero-order valence-corrected chi connectivity index (χ0v) is 14.9. The number of rotatable bonds is 6. The summed E-state index contributed by atoms with van der Waals surface area (Å²) in [4.78, 5) is 0. The van der Waals surface area contributed by atoms with Gasteiger partial charge < -0.3 is 28.6 Å². The number of aromatic hydroxyl groups is 1. The Labute approximate surface area is 150 Å². The lowest BCUT2D eigenvalue weighted by atomic mass is 10.0. The van der Waals surface area contributed by atoms with Crippen molar-refractivity contribution in [3.05, 3.63) is 36.5 Å².